The summed E-state index contributed by atoms with van der Waals surface area (Å²) in [6.07, 6.45) is 4.45. The summed E-state index contributed by atoms with van der Waals surface area (Å²) in [5.41, 5.74) is 5.62. The minimum absolute atomic E-state index is 0.688. The van der Waals surface area contributed by atoms with Crippen LogP contribution in [0.25, 0.3) is 11.1 Å². The predicted octanol–water partition coefficient (Wildman–Crippen LogP) is 5.09. The van der Waals surface area contributed by atoms with Crippen molar-refractivity contribution in [1.82, 2.24) is 5.32 Å². The average molecular weight is 496 g/mol. The van der Waals surface area contributed by atoms with Crippen LogP contribution in [-0.2, 0) is 17.6 Å². The normalized spacial score (nSPS) is 13.6. The minimum Gasteiger partial charge on any atom is -0.493 e. The Morgan fingerprint density at radius 3 is 2.25 bits per heavy atom. The number of carboxylic acid groups (broad SMARTS) is 1. The van der Waals surface area contributed by atoms with Crippen molar-refractivity contribution in [1.29, 1.82) is 0 Å². The molecule has 188 valence electrons. The van der Waals surface area contributed by atoms with Crippen LogP contribution >= 0.6 is 0 Å². The van der Waals surface area contributed by atoms with Gasteiger partial charge in [0.05, 0.1) is 13.2 Å². The second-order valence-electron chi connectivity index (χ2n) is 8.61. The molecule has 0 fully saturated rings. The number of fused-ring (bicyclic) bond motifs is 2. The molecule has 0 atom stereocenters. The lowest BCUT2D eigenvalue weighted by molar-refractivity contribution is -0.135. The first kappa shape index (κ1) is 25.2. The molecule has 5 rings (SSSR count). The Morgan fingerprint density at radius 2 is 1.53 bits per heavy atom. The first-order valence-electron chi connectivity index (χ1n) is 11.8. The maximum Gasteiger partial charge on any atom is 0.322 e. The van der Waals surface area contributed by atoms with Gasteiger partial charge in [0, 0.05) is 11.1 Å². The summed E-state index contributed by atoms with van der Waals surface area (Å²) < 4.78 is 38.0. The highest BCUT2D eigenvalue weighted by molar-refractivity contribution is 5.96. The number of aliphatic carboxylic acids is 1. The average Bonchev–Trinajstić information content (AvgIpc) is 2.88. The van der Waals surface area contributed by atoms with E-state index in [1.807, 2.05) is 5.32 Å². The largest absolute Gasteiger partial charge is 0.493 e. The molecule has 0 aromatic heterocycles. The van der Waals surface area contributed by atoms with Gasteiger partial charge < -0.3 is 19.9 Å². The Kier molecular flexibility index (Phi) is 7.83. The Balaban J connectivity index is 0.000000181. The van der Waals surface area contributed by atoms with Gasteiger partial charge >= 0.3 is 5.97 Å². The summed E-state index contributed by atoms with van der Waals surface area (Å²) in [7, 11) is 0. The lowest BCUT2D eigenvalue weighted by atomic mass is 9.92. The summed E-state index contributed by atoms with van der Waals surface area (Å²) >= 11 is 0. The number of carbonyl (C=O) groups is 2. The van der Waals surface area contributed by atoms with E-state index in [1.54, 1.807) is 0 Å². The molecular weight excluding hydrogens is 468 g/mol. The second-order valence-corrected chi connectivity index (χ2v) is 8.61. The van der Waals surface area contributed by atoms with Crippen molar-refractivity contribution >= 4 is 11.9 Å². The lowest BCUT2D eigenvalue weighted by Crippen LogP contribution is -2.30. The highest BCUT2D eigenvalue weighted by Gasteiger charge is 2.22. The maximum absolute atomic E-state index is 13.0. The van der Waals surface area contributed by atoms with Gasteiger partial charge in [-0.25, -0.2) is 8.78 Å². The van der Waals surface area contributed by atoms with Crippen LogP contribution in [0.4, 0.5) is 8.78 Å². The Hall–Kier alpha value is -3.94. The van der Waals surface area contributed by atoms with Crippen LogP contribution in [0.5, 0.6) is 11.5 Å². The standard InChI is InChI=1S/C19H20O2.C9H7F2NO3/c1-13-9-10-17(19-15(13)8-4-12-21-19)16-7-2-5-14-6-3-11-20-18(14)16;10-5-2-1-3-6(11)8(5)9(15)12-4-7(13)14/h2,5,7,9-10H,3-4,6,8,11-12H2,1H3;1-3H,4H2,(H,12,15)(H,13,14). The van der Waals surface area contributed by atoms with Gasteiger partial charge in [0.25, 0.3) is 5.91 Å². The van der Waals surface area contributed by atoms with Gasteiger partial charge in [-0.3, -0.25) is 9.59 Å². The van der Waals surface area contributed by atoms with Crippen LogP contribution in [-0.4, -0.2) is 36.7 Å². The highest BCUT2D eigenvalue weighted by atomic mass is 19.1. The second kappa shape index (κ2) is 11.2. The maximum atomic E-state index is 13.0. The SMILES string of the molecule is Cc1ccc(-c2cccc3c2OCCC3)c2c1CCCO2.O=C(O)CNC(=O)c1c(F)cccc1F. The third kappa shape index (κ3) is 5.48. The third-order valence-electron chi connectivity index (χ3n) is 6.13. The van der Waals surface area contributed by atoms with E-state index in [9.17, 15) is 18.4 Å². The number of carbonyl (C=O) groups excluding carboxylic acids is 1. The smallest absolute Gasteiger partial charge is 0.322 e. The van der Waals surface area contributed by atoms with Crippen LogP contribution in [0.15, 0.2) is 48.5 Å². The number of para-hydroxylation sites is 1. The Labute approximate surface area is 207 Å². The van der Waals surface area contributed by atoms with E-state index >= 15 is 0 Å². The van der Waals surface area contributed by atoms with Crippen LogP contribution in [0, 0.1) is 18.6 Å². The van der Waals surface area contributed by atoms with Gasteiger partial charge in [-0.1, -0.05) is 36.4 Å². The van der Waals surface area contributed by atoms with E-state index in [2.05, 4.69) is 37.3 Å². The summed E-state index contributed by atoms with van der Waals surface area (Å²) in [6, 6.07) is 13.8. The predicted molar refractivity (Wildman–Crippen MR) is 131 cm³/mol. The molecule has 0 saturated heterocycles. The van der Waals surface area contributed by atoms with Crippen LogP contribution < -0.4 is 14.8 Å². The molecule has 0 bridgehead atoms. The van der Waals surface area contributed by atoms with Gasteiger partial charge in [-0.15, -0.1) is 0 Å². The quantitative estimate of drug-likeness (QED) is 0.527. The van der Waals surface area contributed by atoms with Crippen molar-refractivity contribution in [3.05, 3.63) is 82.4 Å². The number of ether oxygens (including phenoxy) is 2. The Morgan fingerprint density at radius 1 is 0.889 bits per heavy atom. The fourth-order valence-corrected chi connectivity index (χ4v) is 4.40. The van der Waals surface area contributed by atoms with E-state index in [0.717, 1.165) is 68.6 Å². The zero-order valence-corrected chi connectivity index (χ0v) is 19.9. The van der Waals surface area contributed by atoms with E-state index in [4.69, 9.17) is 14.6 Å². The van der Waals surface area contributed by atoms with Crippen molar-refractivity contribution in [2.45, 2.75) is 32.6 Å². The van der Waals surface area contributed by atoms with Crippen molar-refractivity contribution < 1.29 is 33.0 Å². The van der Waals surface area contributed by atoms with E-state index in [0.29, 0.717) is 0 Å². The van der Waals surface area contributed by atoms with E-state index in [-0.39, 0.29) is 0 Å². The number of rotatable bonds is 4. The molecule has 2 N–H and O–H groups in total. The first-order chi connectivity index (χ1) is 17.4. The topological polar surface area (TPSA) is 84.9 Å². The lowest BCUT2D eigenvalue weighted by Gasteiger charge is -2.25. The van der Waals surface area contributed by atoms with Gasteiger partial charge in [0.1, 0.15) is 35.2 Å². The number of nitrogens with one attached hydrogen (secondary N) is 1. The molecule has 3 aromatic rings. The number of carboxylic acids is 1. The fourth-order valence-electron chi connectivity index (χ4n) is 4.40. The van der Waals surface area contributed by atoms with Gasteiger partial charge in [-0.05, 0) is 61.4 Å². The highest BCUT2D eigenvalue weighted by Crippen LogP contribution is 2.43. The molecule has 0 radical (unpaired) electrons. The molecule has 2 aliphatic heterocycles. The molecule has 36 heavy (non-hydrogen) atoms. The number of hydrogen-bond donors (Lipinski definition) is 2. The molecule has 0 spiro atoms. The van der Waals surface area contributed by atoms with Crippen molar-refractivity contribution in [2.24, 2.45) is 0 Å². The molecule has 2 aliphatic rings. The third-order valence-corrected chi connectivity index (χ3v) is 6.13. The molecule has 8 heteroatoms. The first-order valence-corrected chi connectivity index (χ1v) is 11.8. The van der Waals surface area contributed by atoms with E-state index < -0.39 is 35.6 Å². The molecule has 6 nitrogen and oxygen atoms in total. The van der Waals surface area contributed by atoms with Crippen molar-refractivity contribution in [3.63, 3.8) is 0 Å². The van der Waals surface area contributed by atoms with Crippen LogP contribution in [0.1, 0.15) is 39.9 Å². The zero-order valence-electron chi connectivity index (χ0n) is 19.9. The molecule has 0 aliphatic carbocycles. The van der Waals surface area contributed by atoms with Gasteiger partial charge in [0.15, 0.2) is 0 Å². The molecular formula is C28H27F2NO5. The zero-order chi connectivity index (χ0) is 25.7. The van der Waals surface area contributed by atoms with E-state index in [1.165, 1.54) is 27.8 Å². The van der Waals surface area contributed by atoms with Crippen molar-refractivity contribution in [3.8, 4) is 22.6 Å². The number of amides is 1. The number of hydrogen-bond acceptors (Lipinski definition) is 4. The number of benzene rings is 3. The molecule has 1 amide bonds. The number of halogens is 2. The summed E-state index contributed by atoms with van der Waals surface area (Å²) in [6.45, 7) is 3.12. The molecule has 0 saturated carbocycles. The minimum atomic E-state index is -1.29. The van der Waals surface area contributed by atoms with Gasteiger partial charge in [-0.2, -0.15) is 0 Å². The molecule has 3 aromatic carbocycles. The van der Waals surface area contributed by atoms with Crippen LogP contribution in [0.2, 0.25) is 0 Å². The summed E-state index contributed by atoms with van der Waals surface area (Å²) in [5, 5.41) is 10.1. The Bertz CT molecular complexity index is 1270. The van der Waals surface area contributed by atoms with Crippen LogP contribution in [0.3, 0.4) is 0 Å². The molecule has 2 heterocycles. The van der Waals surface area contributed by atoms with Gasteiger partial charge in [0.2, 0.25) is 0 Å². The fraction of sp³-hybridized carbons (Fsp3) is 0.286. The molecule has 0 unspecified atom stereocenters. The summed E-state index contributed by atoms with van der Waals surface area (Å²) in [4.78, 5) is 21.2. The monoisotopic (exact) mass is 495 g/mol. The van der Waals surface area contributed by atoms with Crippen molar-refractivity contribution in [2.75, 3.05) is 19.8 Å². The number of aryl methyl sites for hydroxylation is 2. The summed E-state index contributed by atoms with van der Waals surface area (Å²) in [5.74, 6) is -2.31.